The van der Waals surface area contributed by atoms with Gasteiger partial charge in [-0.1, -0.05) is 76.6 Å². The van der Waals surface area contributed by atoms with Crippen LogP contribution in [0.25, 0.3) is 6.08 Å². The molecule has 1 N–H and O–H groups in total. The zero-order chi connectivity index (χ0) is 21.7. The normalized spacial score (nSPS) is 24.7. The molecular formula is C25H18BrN3O2S. The third kappa shape index (κ3) is 3.24. The van der Waals surface area contributed by atoms with Crippen molar-refractivity contribution in [2.75, 3.05) is 0 Å². The molecule has 7 heteroatoms. The molecule has 2 unspecified atom stereocenters. The van der Waals surface area contributed by atoms with Crippen molar-refractivity contribution in [3.63, 3.8) is 0 Å². The lowest BCUT2D eigenvalue weighted by atomic mass is 9.97. The topological polar surface area (TPSA) is 53.9 Å². The number of amides is 1. The summed E-state index contributed by atoms with van der Waals surface area (Å²) in [6, 6.07) is 26.0. The molecule has 2 atom stereocenters. The van der Waals surface area contributed by atoms with Gasteiger partial charge in [-0.3, -0.25) is 10.1 Å². The molecule has 0 saturated carbocycles. The summed E-state index contributed by atoms with van der Waals surface area (Å²) in [7, 11) is 0. The highest BCUT2D eigenvalue weighted by Gasteiger charge is 2.57. The first-order valence-electron chi connectivity index (χ1n) is 10.3. The van der Waals surface area contributed by atoms with Gasteiger partial charge in [0.2, 0.25) is 0 Å². The van der Waals surface area contributed by atoms with Crippen molar-refractivity contribution in [2.24, 2.45) is 5.10 Å². The largest absolute Gasteiger partial charge is 0.439 e. The molecule has 1 saturated heterocycles. The highest BCUT2D eigenvalue weighted by molar-refractivity contribution is 9.10. The van der Waals surface area contributed by atoms with Crippen molar-refractivity contribution in [1.82, 2.24) is 10.3 Å². The van der Waals surface area contributed by atoms with Crippen molar-refractivity contribution in [2.45, 2.75) is 17.6 Å². The van der Waals surface area contributed by atoms with Crippen molar-refractivity contribution in [3.8, 4) is 5.75 Å². The van der Waals surface area contributed by atoms with Gasteiger partial charge in [0.05, 0.1) is 16.7 Å². The Bertz CT molecular complexity index is 1290. The van der Waals surface area contributed by atoms with Crippen LogP contribution in [0.1, 0.15) is 29.2 Å². The monoisotopic (exact) mass is 503 g/mol. The van der Waals surface area contributed by atoms with Crippen LogP contribution >= 0.6 is 27.7 Å². The van der Waals surface area contributed by atoms with E-state index < -0.39 is 5.18 Å². The van der Waals surface area contributed by atoms with Crippen LogP contribution in [-0.2, 0) is 4.79 Å². The Morgan fingerprint density at radius 3 is 2.75 bits per heavy atom. The van der Waals surface area contributed by atoms with Crippen LogP contribution < -0.4 is 10.1 Å². The zero-order valence-electron chi connectivity index (χ0n) is 16.9. The van der Waals surface area contributed by atoms with Crippen LogP contribution in [0.4, 0.5) is 0 Å². The number of halogens is 1. The number of rotatable bonds is 2. The van der Waals surface area contributed by atoms with E-state index in [1.54, 1.807) is 0 Å². The number of hydrogen-bond donors (Lipinski definition) is 1. The lowest BCUT2D eigenvalue weighted by molar-refractivity contribution is -0.127. The van der Waals surface area contributed by atoms with Gasteiger partial charge in [0.25, 0.3) is 5.91 Å². The van der Waals surface area contributed by atoms with Gasteiger partial charge < -0.3 is 4.74 Å². The van der Waals surface area contributed by atoms with Crippen LogP contribution in [0, 0.1) is 0 Å². The Morgan fingerprint density at radius 1 is 1.09 bits per heavy atom. The van der Waals surface area contributed by atoms with E-state index in [0.717, 1.165) is 39.0 Å². The second kappa shape index (κ2) is 7.53. The molecule has 1 amide bonds. The fourth-order valence-corrected chi connectivity index (χ4v) is 5.88. The quantitative estimate of drug-likeness (QED) is 0.468. The fraction of sp³-hybridized carbons (Fsp3) is 0.120. The minimum Gasteiger partial charge on any atom is -0.439 e. The molecule has 3 aromatic carbocycles. The molecule has 0 aliphatic carbocycles. The van der Waals surface area contributed by atoms with E-state index in [9.17, 15) is 4.79 Å². The Morgan fingerprint density at radius 2 is 1.91 bits per heavy atom. The molecule has 1 spiro atoms. The third-order valence-electron chi connectivity index (χ3n) is 5.74. The van der Waals surface area contributed by atoms with Crippen LogP contribution in [0.3, 0.4) is 0 Å². The van der Waals surface area contributed by atoms with Crippen molar-refractivity contribution >= 4 is 45.4 Å². The van der Waals surface area contributed by atoms with Gasteiger partial charge in [-0.15, -0.1) is 0 Å². The molecule has 1 fully saturated rings. The van der Waals surface area contributed by atoms with Gasteiger partial charge in [-0.2, -0.15) is 5.10 Å². The molecular weight excluding hydrogens is 486 g/mol. The van der Waals surface area contributed by atoms with E-state index in [-0.39, 0.29) is 11.9 Å². The second-order valence-corrected chi connectivity index (χ2v) is 9.93. The summed E-state index contributed by atoms with van der Waals surface area (Å²) < 4.78 is 7.40. The Labute approximate surface area is 198 Å². The van der Waals surface area contributed by atoms with Crippen LogP contribution in [0.2, 0.25) is 0 Å². The summed E-state index contributed by atoms with van der Waals surface area (Å²) in [5.74, 6) is 0.603. The third-order valence-corrected chi connectivity index (χ3v) is 7.40. The molecule has 0 radical (unpaired) electrons. The van der Waals surface area contributed by atoms with Crippen molar-refractivity contribution in [3.05, 3.63) is 105 Å². The summed E-state index contributed by atoms with van der Waals surface area (Å²) in [5, 5.41) is 8.84. The molecule has 3 heterocycles. The zero-order valence-corrected chi connectivity index (χ0v) is 19.3. The maximum absolute atomic E-state index is 13.0. The number of nitrogens with one attached hydrogen (secondary N) is 1. The van der Waals surface area contributed by atoms with E-state index >= 15 is 0 Å². The Kier molecular flexibility index (Phi) is 4.62. The van der Waals surface area contributed by atoms with E-state index in [2.05, 4.69) is 39.4 Å². The van der Waals surface area contributed by atoms with Gasteiger partial charge in [0, 0.05) is 16.5 Å². The first-order valence-corrected chi connectivity index (χ1v) is 11.9. The van der Waals surface area contributed by atoms with E-state index in [1.807, 2.05) is 71.7 Å². The van der Waals surface area contributed by atoms with E-state index in [0.29, 0.717) is 4.91 Å². The van der Waals surface area contributed by atoms with Crippen molar-refractivity contribution in [1.29, 1.82) is 0 Å². The minimum atomic E-state index is -1.12. The highest BCUT2D eigenvalue weighted by Crippen LogP contribution is 2.53. The number of thioether (sulfide) groups is 1. The number of fused-ring (bicyclic) bond motifs is 4. The number of carbonyl (C=O) groups excluding carboxylic acids is 1. The lowest BCUT2D eigenvalue weighted by Crippen LogP contribution is -2.58. The number of hydrazone groups is 1. The summed E-state index contributed by atoms with van der Waals surface area (Å²) in [5.41, 5.74) is 4.08. The Hall–Kier alpha value is -3.03. The molecule has 158 valence electrons. The number of para-hydroxylation sites is 1. The summed E-state index contributed by atoms with van der Waals surface area (Å²) >= 11 is 4.85. The van der Waals surface area contributed by atoms with Crippen LogP contribution in [0.5, 0.6) is 5.75 Å². The summed E-state index contributed by atoms with van der Waals surface area (Å²) in [6.07, 6.45) is 2.63. The first-order chi connectivity index (χ1) is 15.6. The number of ether oxygens (including phenoxy) is 1. The molecule has 3 aliphatic rings. The van der Waals surface area contributed by atoms with Crippen LogP contribution in [0.15, 0.2) is 93.3 Å². The van der Waals surface area contributed by atoms with E-state index in [4.69, 9.17) is 9.84 Å². The van der Waals surface area contributed by atoms with E-state index in [1.165, 1.54) is 11.8 Å². The molecule has 5 nitrogen and oxygen atoms in total. The SMILES string of the molecule is O=C1NC2(Oc3ccccc3C3CC(c4ccccc4)=NN32)S/C1=C/c1cccc(Br)c1. The standard InChI is InChI=1S/C25H18BrN3O2S/c26-18-10-6-7-16(13-18)14-23-24(30)27-25(32-23)29-21(19-11-4-5-12-22(19)31-25)15-20(28-29)17-8-2-1-3-9-17/h1-14,21H,15H2,(H,27,30)/b23-14+. The maximum atomic E-state index is 13.0. The second-order valence-electron chi connectivity index (χ2n) is 7.82. The number of nitrogens with zero attached hydrogens (tertiary/aromatic N) is 2. The molecule has 0 bridgehead atoms. The molecule has 0 aromatic heterocycles. The highest BCUT2D eigenvalue weighted by atomic mass is 79.9. The summed E-state index contributed by atoms with van der Waals surface area (Å²) in [4.78, 5) is 13.6. The van der Waals surface area contributed by atoms with Gasteiger partial charge in [-0.05, 0) is 47.2 Å². The predicted molar refractivity (Wildman–Crippen MR) is 130 cm³/mol. The lowest BCUT2D eigenvalue weighted by Gasteiger charge is -2.43. The first kappa shape index (κ1) is 19.6. The molecule has 32 heavy (non-hydrogen) atoms. The fourth-order valence-electron chi connectivity index (χ4n) is 4.29. The van der Waals surface area contributed by atoms with Crippen molar-refractivity contribution < 1.29 is 9.53 Å². The van der Waals surface area contributed by atoms with Gasteiger partial charge >= 0.3 is 5.18 Å². The van der Waals surface area contributed by atoms with Crippen LogP contribution in [-0.4, -0.2) is 21.8 Å². The summed E-state index contributed by atoms with van der Waals surface area (Å²) in [6.45, 7) is 0. The predicted octanol–water partition coefficient (Wildman–Crippen LogP) is 5.51. The van der Waals surface area contributed by atoms with Gasteiger partial charge in [-0.25, -0.2) is 5.01 Å². The maximum Gasteiger partial charge on any atom is 0.336 e. The average Bonchev–Trinajstić information content (AvgIpc) is 3.38. The number of hydrogen-bond acceptors (Lipinski definition) is 5. The van der Waals surface area contributed by atoms with Gasteiger partial charge in [0.15, 0.2) is 0 Å². The minimum absolute atomic E-state index is 0.0202. The molecule has 3 aliphatic heterocycles. The Balaban J connectivity index is 1.43. The molecule has 6 rings (SSSR count). The average molecular weight is 504 g/mol. The van der Waals surface area contributed by atoms with Gasteiger partial charge in [0.1, 0.15) is 5.75 Å². The number of benzene rings is 3. The smallest absolute Gasteiger partial charge is 0.336 e. The number of carbonyl (C=O) groups is 1. The molecule has 3 aromatic rings.